The summed E-state index contributed by atoms with van der Waals surface area (Å²) in [4.78, 5) is 4.43. The van der Waals surface area contributed by atoms with E-state index in [2.05, 4.69) is 10.7 Å². The molecular formula is C9H7NS2. The highest BCUT2D eigenvalue weighted by Gasteiger charge is 1.96. The number of hydrogen-bond donors (Lipinski definition) is 0. The number of thioether (sulfide) groups is 1. The van der Waals surface area contributed by atoms with Crippen LogP contribution >= 0.6 is 23.1 Å². The van der Waals surface area contributed by atoms with Crippen molar-refractivity contribution in [3.8, 4) is 0 Å². The largest absolute Gasteiger partial charge is 0.230 e. The van der Waals surface area contributed by atoms with E-state index in [0.29, 0.717) is 0 Å². The van der Waals surface area contributed by atoms with Gasteiger partial charge in [-0.25, -0.2) is 4.98 Å². The minimum absolute atomic E-state index is 1.06. The predicted molar refractivity (Wildman–Crippen MR) is 54.7 cm³/mol. The first-order valence-electron chi connectivity index (χ1n) is 3.54. The van der Waals surface area contributed by atoms with Gasteiger partial charge in [-0.15, -0.1) is 17.1 Å². The van der Waals surface area contributed by atoms with Gasteiger partial charge in [-0.05, 0) is 30.6 Å². The topological polar surface area (TPSA) is 12.9 Å². The van der Waals surface area contributed by atoms with Gasteiger partial charge in [0.25, 0.3) is 0 Å². The normalized spacial score (nSPS) is 13.1. The molecule has 1 aliphatic rings. The summed E-state index contributed by atoms with van der Waals surface area (Å²) in [5.74, 6) is 0. The summed E-state index contributed by atoms with van der Waals surface area (Å²) in [5, 5.41) is 1.06. The van der Waals surface area contributed by atoms with Crippen molar-refractivity contribution in [1.29, 1.82) is 0 Å². The van der Waals surface area contributed by atoms with Crippen molar-refractivity contribution >= 4 is 35.3 Å². The average molecular weight is 193 g/mol. The van der Waals surface area contributed by atoms with Crippen LogP contribution in [0.4, 0.5) is 0 Å². The van der Waals surface area contributed by atoms with Gasteiger partial charge in [0.2, 0.25) is 0 Å². The number of nitrogens with zero attached hydrogens (tertiary/aromatic N) is 1. The van der Waals surface area contributed by atoms with Crippen LogP contribution in [0.2, 0.25) is 0 Å². The van der Waals surface area contributed by atoms with Gasteiger partial charge < -0.3 is 0 Å². The van der Waals surface area contributed by atoms with E-state index in [9.17, 15) is 0 Å². The van der Waals surface area contributed by atoms with E-state index in [-0.39, 0.29) is 0 Å². The Morgan fingerprint density at radius 3 is 3.08 bits per heavy atom. The van der Waals surface area contributed by atoms with E-state index in [1.165, 1.54) is 4.53 Å². The second kappa shape index (κ2) is 3.31. The van der Waals surface area contributed by atoms with Crippen molar-refractivity contribution in [3.05, 3.63) is 27.8 Å². The molecular weight excluding hydrogens is 186 g/mol. The molecule has 60 valence electrons. The maximum absolute atomic E-state index is 4.43. The molecule has 1 aromatic heterocycles. The number of rotatable bonds is 1. The van der Waals surface area contributed by atoms with Gasteiger partial charge in [-0.3, -0.25) is 0 Å². The summed E-state index contributed by atoms with van der Waals surface area (Å²) in [7, 11) is 0. The van der Waals surface area contributed by atoms with E-state index in [1.807, 2.05) is 30.6 Å². The Bertz CT molecular complexity index is 424. The Morgan fingerprint density at radius 1 is 1.42 bits per heavy atom. The zero-order valence-corrected chi connectivity index (χ0v) is 8.21. The molecule has 0 unspecified atom stereocenters. The predicted octanol–water partition coefficient (Wildman–Crippen LogP) is 1.15. The molecule has 3 heteroatoms. The van der Waals surface area contributed by atoms with Crippen molar-refractivity contribution in [3.63, 3.8) is 0 Å². The molecule has 0 aliphatic heterocycles. The number of allylic oxidation sites excluding steroid dienone is 1. The van der Waals surface area contributed by atoms with E-state index >= 15 is 0 Å². The third-order valence-corrected chi connectivity index (χ3v) is 3.53. The van der Waals surface area contributed by atoms with Crippen molar-refractivity contribution in [2.24, 2.45) is 0 Å². The molecule has 2 rings (SSSR count). The smallest absolute Gasteiger partial charge is 0.150 e. The van der Waals surface area contributed by atoms with Crippen molar-refractivity contribution < 1.29 is 0 Å². The molecule has 0 bridgehead atoms. The van der Waals surface area contributed by atoms with Gasteiger partial charge in [-0.2, -0.15) is 0 Å². The first-order chi connectivity index (χ1) is 5.90. The summed E-state index contributed by atoms with van der Waals surface area (Å²) in [5.41, 5.74) is 3.02. The van der Waals surface area contributed by atoms with Crippen LogP contribution in [0.25, 0.3) is 12.2 Å². The van der Waals surface area contributed by atoms with Crippen LogP contribution in [0.5, 0.6) is 0 Å². The van der Waals surface area contributed by atoms with Crippen molar-refractivity contribution in [2.45, 2.75) is 4.34 Å². The third-order valence-electron chi connectivity index (χ3n) is 1.50. The Balaban J connectivity index is 2.72. The molecule has 0 radical (unpaired) electrons. The standard InChI is InChI=1S/C9H7NS2/c1-11-9-10-7-5-3-2-4-6-8(7)12-9/h3-6H,1H3. The summed E-state index contributed by atoms with van der Waals surface area (Å²) < 4.78 is 2.34. The van der Waals surface area contributed by atoms with Gasteiger partial charge in [0, 0.05) is 0 Å². The molecule has 0 aromatic carbocycles. The Hall–Kier alpha value is -0.760. The lowest BCUT2D eigenvalue weighted by atomic mass is 10.5. The average Bonchev–Trinajstić information content (AvgIpc) is 2.37. The SMILES string of the molecule is CSc1nc2c(s1)=CC=C=CC=2. The first-order valence-corrected chi connectivity index (χ1v) is 5.58. The maximum atomic E-state index is 4.43. The lowest BCUT2D eigenvalue weighted by Crippen LogP contribution is -2.19. The van der Waals surface area contributed by atoms with Gasteiger partial charge in [0.15, 0.2) is 4.34 Å². The van der Waals surface area contributed by atoms with Crippen LogP contribution in [0.15, 0.2) is 22.2 Å². The van der Waals surface area contributed by atoms with E-state index in [1.54, 1.807) is 23.1 Å². The molecule has 1 aromatic rings. The summed E-state index contributed by atoms with van der Waals surface area (Å²) >= 11 is 3.41. The number of hydrogen-bond acceptors (Lipinski definition) is 3. The lowest BCUT2D eigenvalue weighted by Gasteiger charge is -1.78. The third kappa shape index (κ3) is 1.39. The summed E-state index contributed by atoms with van der Waals surface area (Å²) in [6, 6.07) is 0. The number of fused-ring (bicyclic) bond motifs is 1. The quantitative estimate of drug-likeness (QED) is 0.490. The zero-order chi connectivity index (χ0) is 8.39. The van der Waals surface area contributed by atoms with Gasteiger partial charge in [0.05, 0.1) is 9.88 Å². The fourth-order valence-corrected chi connectivity index (χ4v) is 2.43. The van der Waals surface area contributed by atoms with Gasteiger partial charge >= 0.3 is 0 Å². The highest BCUT2D eigenvalue weighted by molar-refractivity contribution is 8.00. The highest BCUT2D eigenvalue weighted by atomic mass is 32.2. The van der Waals surface area contributed by atoms with Crippen LogP contribution in [0.1, 0.15) is 0 Å². The second-order valence-corrected chi connectivity index (χ2v) is 4.35. The van der Waals surface area contributed by atoms with Crippen LogP contribution in [0, 0.1) is 0 Å². The number of aromatic nitrogens is 1. The fraction of sp³-hybridized carbons (Fsp3) is 0.111. The minimum atomic E-state index is 1.06. The number of thiazole rings is 1. The molecule has 1 aliphatic carbocycles. The Kier molecular flexibility index (Phi) is 2.17. The molecule has 1 nitrogen and oxygen atoms in total. The molecule has 0 saturated heterocycles. The summed E-state index contributed by atoms with van der Waals surface area (Å²) in [6.45, 7) is 0. The van der Waals surface area contributed by atoms with Crippen LogP contribution < -0.4 is 9.88 Å². The van der Waals surface area contributed by atoms with Crippen molar-refractivity contribution in [1.82, 2.24) is 4.98 Å². The van der Waals surface area contributed by atoms with E-state index in [4.69, 9.17) is 0 Å². The van der Waals surface area contributed by atoms with E-state index < -0.39 is 0 Å². The molecule has 0 N–H and O–H groups in total. The molecule has 1 heterocycles. The fourth-order valence-electron chi connectivity index (χ4n) is 0.955. The van der Waals surface area contributed by atoms with Gasteiger partial charge in [-0.1, -0.05) is 11.8 Å². The molecule has 0 saturated carbocycles. The van der Waals surface area contributed by atoms with Crippen molar-refractivity contribution in [2.75, 3.05) is 6.26 Å². The van der Waals surface area contributed by atoms with Crippen LogP contribution in [0.3, 0.4) is 0 Å². The Morgan fingerprint density at radius 2 is 2.25 bits per heavy atom. The second-order valence-electron chi connectivity index (χ2n) is 2.27. The highest BCUT2D eigenvalue weighted by Crippen LogP contribution is 2.11. The minimum Gasteiger partial charge on any atom is -0.230 e. The molecule has 12 heavy (non-hydrogen) atoms. The molecule has 0 spiro atoms. The van der Waals surface area contributed by atoms with Crippen LogP contribution in [-0.4, -0.2) is 11.2 Å². The summed E-state index contributed by atoms with van der Waals surface area (Å²) in [6.07, 6.45) is 9.90. The Labute approximate surface area is 78.8 Å². The maximum Gasteiger partial charge on any atom is 0.150 e. The monoisotopic (exact) mass is 193 g/mol. The molecule has 0 amide bonds. The first kappa shape index (κ1) is 7.87. The lowest BCUT2D eigenvalue weighted by molar-refractivity contribution is 1.19. The van der Waals surface area contributed by atoms with E-state index in [0.717, 1.165) is 9.69 Å². The molecule has 0 atom stereocenters. The van der Waals surface area contributed by atoms with Crippen LogP contribution in [-0.2, 0) is 0 Å². The zero-order valence-electron chi connectivity index (χ0n) is 6.57. The van der Waals surface area contributed by atoms with Gasteiger partial charge in [0.1, 0.15) is 0 Å². The molecule has 0 fully saturated rings.